The van der Waals surface area contributed by atoms with Crippen molar-refractivity contribution < 1.29 is 19.1 Å². The maximum Gasteiger partial charge on any atom is 0.333 e. The summed E-state index contributed by atoms with van der Waals surface area (Å²) in [5.74, 6) is 0.546. The third-order valence-corrected chi connectivity index (χ3v) is 3.24. The third kappa shape index (κ3) is 4.08. The van der Waals surface area contributed by atoms with E-state index in [0.29, 0.717) is 30.0 Å². The minimum Gasteiger partial charge on any atom is -0.497 e. The van der Waals surface area contributed by atoms with Crippen molar-refractivity contribution in [2.24, 2.45) is 5.16 Å². The topological polar surface area (TPSA) is 92.9 Å². The molecule has 0 bridgehead atoms. The van der Waals surface area contributed by atoms with Crippen molar-refractivity contribution in [2.75, 3.05) is 20.8 Å². The van der Waals surface area contributed by atoms with Gasteiger partial charge in [-0.1, -0.05) is 11.2 Å². The number of carbonyl (C=O) groups excluding carboxylic acids is 1. The van der Waals surface area contributed by atoms with E-state index < -0.39 is 12.0 Å². The van der Waals surface area contributed by atoms with Gasteiger partial charge in [0.1, 0.15) is 30.7 Å². The van der Waals surface area contributed by atoms with Crippen LogP contribution in [0.5, 0.6) is 11.5 Å². The quantitative estimate of drug-likeness (QED) is 0.382. The highest BCUT2D eigenvalue weighted by Gasteiger charge is 2.30. The first-order valence-electron chi connectivity index (χ1n) is 7.00. The lowest BCUT2D eigenvalue weighted by atomic mass is 9.98. The smallest absolute Gasteiger partial charge is 0.333 e. The van der Waals surface area contributed by atoms with E-state index in [0.717, 1.165) is 0 Å². The summed E-state index contributed by atoms with van der Waals surface area (Å²) < 4.78 is 10.4. The predicted octanol–water partition coefficient (Wildman–Crippen LogP) is 1.41. The van der Waals surface area contributed by atoms with E-state index in [1.54, 1.807) is 37.5 Å². The number of ether oxygens (including phenoxy) is 2. The highest BCUT2D eigenvalue weighted by molar-refractivity contribution is 6.14. The number of rotatable bonds is 5. The highest BCUT2D eigenvalue weighted by atomic mass is 16.6. The molecule has 0 saturated carbocycles. The van der Waals surface area contributed by atoms with Gasteiger partial charge >= 0.3 is 5.97 Å². The van der Waals surface area contributed by atoms with Gasteiger partial charge in [-0.15, -0.1) is 0 Å². The van der Waals surface area contributed by atoms with Crippen LogP contribution in [0.4, 0.5) is 0 Å². The number of esters is 1. The van der Waals surface area contributed by atoms with Gasteiger partial charge in [0.15, 0.2) is 5.71 Å². The first-order chi connectivity index (χ1) is 11.2. The number of benzene rings is 1. The van der Waals surface area contributed by atoms with Crippen LogP contribution in [0.3, 0.4) is 0 Å². The molecule has 0 spiro atoms. The molecular formula is C16H17N3O4. The Morgan fingerprint density at radius 3 is 2.61 bits per heavy atom. The Hall–Kier alpha value is -2.85. The van der Waals surface area contributed by atoms with Gasteiger partial charge in [-0.05, 0) is 37.2 Å². The van der Waals surface area contributed by atoms with Crippen LogP contribution >= 0.6 is 0 Å². The zero-order valence-corrected chi connectivity index (χ0v) is 12.9. The molecule has 1 heterocycles. The van der Waals surface area contributed by atoms with Crippen molar-refractivity contribution in [1.82, 2.24) is 5.32 Å². The number of nitriles is 1. The van der Waals surface area contributed by atoms with E-state index in [2.05, 4.69) is 15.3 Å². The third-order valence-electron chi connectivity index (χ3n) is 3.24. The number of carbonyl (C=O) groups is 1. The summed E-state index contributed by atoms with van der Waals surface area (Å²) in [6.07, 6.45) is 2.48. The molecule has 1 unspecified atom stereocenters. The minimum absolute atomic E-state index is 0.0522. The molecule has 0 aliphatic carbocycles. The molecule has 0 saturated heterocycles. The maximum atomic E-state index is 12.4. The standard InChI is InChI=1S/C16H17N3O4/c1-21-11-5-7-12(8-6-11)23-16(20)15-13(4-3-9-18-15)14(10-17)19-22-2/h4-8,15,18H,3,9H2,1-2H3. The average Bonchev–Trinajstić information content (AvgIpc) is 2.60. The van der Waals surface area contributed by atoms with Gasteiger partial charge < -0.3 is 19.6 Å². The largest absolute Gasteiger partial charge is 0.497 e. The van der Waals surface area contributed by atoms with Crippen molar-refractivity contribution in [1.29, 1.82) is 5.26 Å². The van der Waals surface area contributed by atoms with Crippen molar-refractivity contribution in [2.45, 2.75) is 12.5 Å². The van der Waals surface area contributed by atoms with Gasteiger partial charge in [-0.3, -0.25) is 0 Å². The van der Waals surface area contributed by atoms with Crippen molar-refractivity contribution in [3.05, 3.63) is 35.9 Å². The summed E-state index contributed by atoms with van der Waals surface area (Å²) in [6, 6.07) is 7.83. The van der Waals surface area contributed by atoms with Gasteiger partial charge in [-0.2, -0.15) is 5.26 Å². The minimum atomic E-state index is -0.764. The van der Waals surface area contributed by atoms with E-state index in [4.69, 9.17) is 14.7 Å². The zero-order chi connectivity index (χ0) is 16.7. The Bertz CT molecular complexity index is 659. The molecular weight excluding hydrogens is 298 g/mol. The maximum absolute atomic E-state index is 12.4. The number of hydrogen-bond acceptors (Lipinski definition) is 7. The van der Waals surface area contributed by atoms with Crippen LogP contribution in [0.1, 0.15) is 6.42 Å². The fraction of sp³-hybridized carbons (Fsp3) is 0.312. The molecule has 1 atom stereocenters. The lowest BCUT2D eigenvalue weighted by Crippen LogP contribution is -2.45. The van der Waals surface area contributed by atoms with E-state index >= 15 is 0 Å². The number of nitrogens with zero attached hydrogens (tertiary/aromatic N) is 2. The zero-order valence-electron chi connectivity index (χ0n) is 12.9. The Morgan fingerprint density at radius 1 is 1.30 bits per heavy atom. The average molecular weight is 315 g/mol. The highest BCUT2D eigenvalue weighted by Crippen LogP contribution is 2.19. The van der Waals surface area contributed by atoms with E-state index in [1.165, 1.54) is 7.11 Å². The van der Waals surface area contributed by atoms with Crippen molar-refractivity contribution in [3.63, 3.8) is 0 Å². The van der Waals surface area contributed by atoms with Crippen LogP contribution in [0.2, 0.25) is 0 Å². The second-order valence-electron chi connectivity index (χ2n) is 4.67. The molecule has 7 heteroatoms. The second-order valence-corrected chi connectivity index (χ2v) is 4.67. The SMILES string of the molecule is CON=C(C#N)C1=CCCNC1C(=O)Oc1ccc(OC)cc1. The Labute approximate surface area is 134 Å². The summed E-state index contributed by atoms with van der Waals surface area (Å²) in [5.41, 5.74) is 0.510. The molecule has 1 N–H and O–H groups in total. The molecule has 1 aromatic carbocycles. The van der Waals surface area contributed by atoms with Gasteiger partial charge in [-0.25, -0.2) is 4.79 Å². The van der Waals surface area contributed by atoms with Gasteiger partial charge in [0.25, 0.3) is 0 Å². The molecule has 2 rings (SSSR count). The molecule has 1 aliphatic heterocycles. The lowest BCUT2D eigenvalue weighted by molar-refractivity contribution is -0.135. The number of methoxy groups -OCH3 is 1. The summed E-state index contributed by atoms with van der Waals surface area (Å²) in [6.45, 7) is 0.609. The molecule has 0 amide bonds. The number of hydrogen-bond donors (Lipinski definition) is 1. The summed E-state index contributed by atoms with van der Waals surface area (Å²) in [5, 5.41) is 15.8. The van der Waals surface area contributed by atoms with Crippen molar-refractivity contribution in [3.8, 4) is 17.6 Å². The fourth-order valence-electron chi connectivity index (χ4n) is 2.17. The molecule has 7 nitrogen and oxygen atoms in total. The van der Waals surface area contributed by atoms with Crippen LogP contribution < -0.4 is 14.8 Å². The first kappa shape index (κ1) is 16.5. The van der Waals surface area contributed by atoms with Crippen LogP contribution in [0.15, 0.2) is 41.1 Å². The van der Waals surface area contributed by atoms with Crippen LogP contribution in [0, 0.1) is 11.3 Å². The molecule has 0 fully saturated rings. The van der Waals surface area contributed by atoms with E-state index in [9.17, 15) is 4.79 Å². The van der Waals surface area contributed by atoms with Gasteiger partial charge in [0.2, 0.25) is 0 Å². The number of oxime groups is 1. The summed E-state index contributed by atoms with van der Waals surface area (Å²) >= 11 is 0. The second kappa shape index (κ2) is 7.96. The van der Waals surface area contributed by atoms with Crippen molar-refractivity contribution >= 4 is 11.7 Å². The van der Waals surface area contributed by atoms with Crippen LogP contribution in [0.25, 0.3) is 0 Å². The van der Waals surface area contributed by atoms with Gasteiger partial charge in [0.05, 0.1) is 7.11 Å². The monoisotopic (exact) mass is 315 g/mol. The summed E-state index contributed by atoms with van der Waals surface area (Å²) in [7, 11) is 2.90. The normalized spacial score (nSPS) is 17.7. The van der Waals surface area contributed by atoms with Crippen LogP contribution in [-0.2, 0) is 9.63 Å². The van der Waals surface area contributed by atoms with E-state index in [-0.39, 0.29) is 5.71 Å². The van der Waals surface area contributed by atoms with E-state index in [1.807, 2.05) is 6.07 Å². The van der Waals surface area contributed by atoms with Crippen LogP contribution in [-0.4, -0.2) is 38.5 Å². The molecule has 0 radical (unpaired) electrons. The molecule has 120 valence electrons. The Morgan fingerprint density at radius 2 is 2.00 bits per heavy atom. The lowest BCUT2D eigenvalue weighted by Gasteiger charge is -2.22. The molecule has 23 heavy (non-hydrogen) atoms. The number of nitrogens with one attached hydrogen (secondary N) is 1. The summed E-state index contributed by atoms with van der Waals surface area (Å²) in [4.78, 5) is 17.0. The van der Waals surface area contributed by atoms with Gasteiger partial charge in [0, 0.05) is 5.57 Å². The molecule has 1 aliphatic rings. The predicted molar refractivity (Wildman–Crippen MR) is 83.2 cm³/mol. The molecule has 0 aromatic heterocycles. The molecule has 1 aromatic rings. The Balaban J connectivity index is 2.16. The first-order valence-corrected chi connectivity index (χ1v) is 7.00. The fourth-order valence-corrected chi connectivity index (χ4v) is 2.17. The Kier molecular flexibility index (Phi) is 5.72.